The first-order valence-corrected chi connectivity index (χ1v) is 10.7. The highest BCUT2D eigenvalue weighted by Crippen LogP contribution is 2.53. The van der Waals surface area contributed by atoms with Crippen LogP contribution in [0.15, 0.2) is 24.3 Å². The molecule has 1 aromatic carbocycles. The van der Waals surface area contributed by atoms with Crippen LogP contribution in [-0.4, -0.2) is 54.2 Å². The van der Waals surface area contributed by atoms with Gasteiger partial charge in [-0.05, 0) is 55.6 Å². The van der Waals surface area contributed by atoms with E-state index in [1.54, 1.807) is 4.90 Å². The minimum Gasteiger partial charge on any atom is -0.405 e. The summed E-state index contributed by atoms with van der Waals surface area (Å²) < 4.78 is 42.3. The molecule has 3 aliphatic rings. The SMILES string of the molecule is O=C(CCC1CN(C(=O)c2ccccc2OC(F)(F)F)CC12CCC2)N1CCCC1. The van der Waals surface area contributed by atoms with E-state index in [0.717, 1.165) is 51.6 Å². The molecular weight excluding hydrogens is 397 g/mol. The molecule has 0 bridgehead atoms. The summed E-state index contributed by atoms with van der Waals surface area (Å²) in [4.78, 5) is 29.1. The zero-order valence-corrected chi connectivity index (χ0v) is 16.9. The fourth-order valence-corrected chi connectivity index (χ4v) is 5.23. The third kappa shape index (κ3) is 4.27. The number of carbonyl (C=O) groups is 2. The second-order valence-electron chi connectivity index (χ2n) is 8.77. The average molecular weight is 424 g/mol. The number of carbonyl (C=O) groups excluding carboxylic acids is 2. The molecule has 1 aliphatic carbocycles. The van der Waals surface area contributed by atoms with Gasteiger partial charge in [0.25, 0.3) is 5.91 Å². The highest BCUT2D eigenvalue weighted by atomic mass is 19.4. The number of hydrogen-bond acceptors (Lipinski definition) is 3. The van der Waals surface area contributed by atoms with Crippen molar-refractivity contribution in [2.75, 3.05) is 26.2 Å². The summed E-state index contributed by atoms with van der Waals surface area (Å²) in [7, 11) is 0. The minimum absolute atomic E-state index is 0.000771. The lowest BCUT2D eigenvalue weighted by Crippen LogP contribution is -2.39. The van der Waals surface area contributed by atoms with E-state index in [9.17, 15) is 22.8 Å². The van der Waals surface area contributed by atoms with Crippen LogP contribution in [0.25, 0.3) is 0 Å². The van der Waals surface area contributed by atoms with Crippen LogP contribution in [0.2, 0.25) is 0 Å². The number of halogens is 3. The minimum atomic E-state index is -4.85. The Morgan fingerprint density at radius 3 is 2.40 bits per heavy atom. The van der Waals surface area contributed by atoms with Crippen molar-refractivity contribution in [2.45, 2.75) is 51.3 Å². The van der Waals surface area contributed by atoms with Crippen molar-refractivity contribution in [3.63, 3.8) is 0 Å². The molecule has 3 fully saturated rings. The van der Waals surface area contributed by atoms with Crippen LogP contribution in [0.4, 0.5) is 13.2 Å². The van der Waals surface area contributed by atoms with Gasteiger partial charge in [-0.2, -0.15) is 0 Å². The van der Waals surface area contributed by atoms with Crippen molar-refractivity contribution in [2.24, 2.45) is 11.3 Å². The molecule has 2 saturated heterocycles. The first kappa shape index (κ1) is 21.0. The molecule has 0 aromatic heterocycles. The van der Waals surface area contributed by atoms with E-state index in [0.29, 0.717) is 19.5 Å². The lowest BCUT2D eigenvalue weighted by Gasteiger charge is -2.43. The smallest absolute Gasteiger partial charge is 0.405 e. The van der Waals surface area contributed by atoms with Gasteiger partial charge >= 0.3 is 6.36 Å². The summed E-state index contributed by atoms with van der Waals surface area (Å²) in [6.45, 7) is 2.67. The average Bonchev–Trinajstić information content (AvgIpc) is 3.32. The van der Waals surface area contributed by atoms with Crippen molar-refractivity contribution in [1.82, 2.24) is 9.80 Å². The number of ether oxygens (including phenoxy) is 1. The Hall–Kier alpha value is -2.25. The number of benzene rings is 1. The highest BCUT2D eigenvalue weighted by Gasteiger charge is 2.51. The molecule has 4 rings (SSSR count). The summed E-state index contributed by atoms with van der Waals surface area (Å²) in [5, 5.41) is 0. The fraction of sp³-hybridized carbons (Fsp3) is 0.636. The summed E-state index contributed by atoms with van der Waals surface area (Å²) >= 11 is 0. The molecule has 5 nitrogen and oxygen atoms in total. The molecular formula is C22H27F3N2O3. The molecule has 0 N–H and O–H groups in total. The Kier molecular flexibility index (Phi) is 5.68. The maximum Gasteiger partial charge on any atom is 0.573 e. The second-order valence-corrected chi connectivity index (χ2v) is 8.77. The van der Waals surface area contributed by atoms with E-state index in [1.165, 1.54) is 24.3 Å². The van der Waals surface area contributed by atoms with Gasteiger partial charge in [-0.25, -0.2) is 0 Å². The molecule has 1 unspecified atom stereocenters. The molecule has 8 heteroatoms. The quantitative estimate of drug-likeness (QED) is 0.711. The molecule has 1 aromatic rings. The van der Waals surface area contributed by atoms with E-state index in [1.807, 2.05) is 4.90 Å². The van der Waals surface area contributed by atoms with E-state index in [2.05, 4.69) is 4.74 Å². The monoisotopic (exact) mass is 424 g/mol. The Labute approximate surface area is 174 Å². The normalized spacial score (nSPS) is 23.0. The molecule has 1 atom stereocenters. The number of amides is 2. The van der Waals surface area contributed by atoms with Crippen LogP contribution in [0.5, 0.6) is 5.75 Å². The number of rotatable bonds is 5. The molecule has 1 saturated carbocycles. The first-order chi connectivity index (χ1) is 14.3. The topological polar surface area (TPSA) is 49.9 Å². The van der Waals surface area contributed by atoms with Crippen LogP contribution in [0.1, 0.15) is 55.3 Å². The van der Waals surface area contributed by atoms with Gasteiger partial charge in [0.15, 0.2) is 0 Å². The Balaban J connectivity index is 1.44. The standard InChI is InChI=1S/C22H27F3N2O3/c23-22(24,25)30-18-7-2-1-6-17(18)20(29)27-14-16(21(15-27)10-5-11-21)8-9-19(28)26-12-3-4-13-26/h1-2,6-7,16H,3-5,8-15H2. The molecule has 2 amide bonds. The van der Waals surface area contributed by atoms with Gasteiger partial charge in [0, 0.05) is 32.6 Å². The van der Waals surface area contributed by atoms with Crippen LogP contribution >= 0.6 is 0 Å². The van der Waals surface area contributed by atoms with E-state index < -0.39 is 18.0 Å². The molecule has 0 radical (unpaired) electrons. The highest BCUT2D eigenvalue weighted by molar-refractivity contribution is 5.97. The Bertz CT molecular complexity index is 801. The number of nitrogens with zero attached hydrogens (tertiary/aromatic N) is 2. The number of likely N-dealkylation sites (tertiary alicyclic amines) is 2. The Morgan fingerprint density at radius 2 is 1.77 bits per heavy atom. The zero-order valence-electron chi connectivity index (χ0n) is 16.9. The van der Waals surface area contributed by atoms with E-state index >= 15 is 0 Å². The van der Waals surface area contributed by atoms with E-state index in [-0.39, 0.29) is 22.8 Å². The van der Waals surface area contributed by atoms with Gasteiger partial charge in [-0.1, -0.05) is 18.6 Å². The second kappa shape index (κ2) is 8.12. The molecule has 30 heavy (non-hydrogen) atoms. The van der Waals surface area contributed by atoms with Gasteiger partial charge in [0.1, 0.15) is 5.75 Å². The van der Waals surface area contributed by atoms with Gasteiger partial charge in [-0.3, -0.25) is 9.59 Å². The maximum atomic E-state index is 13.1. The lowest BCUT2D eigenvalue weighted by atomic mass is 9.62. The van der Waals surface area contributed by atoms with Crippen molar-refractivity contribution in [3.05, 3.63) is 29.8 Å². The van der Waals surface area contributed by atoms with Crippen LogP contribution in [-0.2, 0) is 4.79 Å². The number of alkyl halides is 3. The van der Waals surface area contributed by atoms with Gasteiger partial charge < -0.3 is 14.5 Å². The summed E-state index contributed by atoms with van der Waals surface area (Å²) in [5.41, 5.74) is -0.0704. The number of para-hydroxylation sites is 1. The van der Waals surface area contributed by atoms with Gasteiger partial charge in [0.05, 0.1) is 5.56 Å². The van der Waals surface area contributed by atoms with Crippen molar-refractivity contribution >= 4 is 11.8 Å². The molecule has 164 valence electrons. The third-order valence-electron chi connectivity index (χ3n) is 6.96. The van der Waals surface area contributed by atoms with Crippen molar-refractivity contribution < 1.29 is 27.5 Å². The van der Waals surface area contributed by atoms with Crippen LogP contribution in [0, 0.1) is 11.3 Å². The predicted molar refractivity (Wildman–Crippen MR) is 104 cm³/mol. The summed E-state index contributed by atoms with van der Waals surface area (Å²) in [6, 6.07) is 5.50. The molecule has 2 aliphatic heterocycles. The Morgan fingerprint density at radius 1 is 1.07 bits per heavy atom. The fourth-order valence-electron chi connectivity index (χ4n) is 5.23. The zero-order chi connectivity index (χ0) is 21.4. The first-order valence-electron chi connectivity index (χ1n) is 10.7. The predicted octanol–water partition coefficient (Wildman–Crippen LogP) is 4.23. The van der Waals surface area contributed by atoms with Crippen LogP contribution < -0.4 is 4.74 Å². The van der Waals surface area contributed by atoms with Crippen LogP contribution in [0.3, 0.4) is 0 Å². The molecule has 1 spiro atoms. The summed E-state index contributed by atoms with van der Waals surface area (Å²) in [5.74, 6) is -0.520. The maximum absolute atomic E-state index is 13.1. The molecule has 2 heterocycles. The van der Waals surface area contributed by atoms with Crippen molar-refractivity contribution in [1.29, 1.82) is 0 Å². The lowest BCUT2D eigenvalue weighted by molar-refractivity contribution is -0.274. The number of hydrogen-bond donors (Lipinski definition) is 0. The van der Waals surface area contributed by atoms with E-state index in [4.69, 9.17) is 0 Å². The van der Waals surface area contributed by atoms with Gasteiger partial charge in [0.2, 0.25) is 5.91 Å². The van der Waals surface area contributed by atoms with Crippen molar-refractivity contribution in [3.8, 4) is 5.75 Å². The largest absolute Gasteiger partial charge is 0.573 e. The van der Waals surface area contributed by atoms with Gasteiger partial charge in [-0.15, -0.1) is 13.2 Å². The summed E-state index contributed by atoms with van der Waals surface area (Å²) in [6.07, 6.45) is 1.55. The third-order valence-corrected chi connectivity index (χ3v) is 6.96.